The fourth-order valence-electron chi connectivity index (χ4n) is 2.28. The van der Waals surface area contributed by atoms with E-state index in [1.54, 1.807) is 6.07 Å². The van der Waals surface area contributed by atoms with Crippen LogP contribution in [0, 0.1) is 0 Å². The first-order valence-electron chi connectivity index (χ1n) is 6.19. The monoisotopic (exact) mass is 398 g/mol. The number of sulfonamides is 1. The molecule has 1 aromatic carbocycles. The van der Waals surface area contributed by atoms with Crippen LogP contribution in [0.3, 0.4) is 0 Å². The van der Waals surface area contributed by atoms with Crippen LogP contribution in [0.2, 0.25) is 5.02 Å². The summed E-state index contributed by atoms with van der Waals surface area (Å²) in [5, 5.41) is 13.1. The van der Waals surface area contributed by atoms with Crippen LogP contribution in [0.1, 0.15) is 0 Å². The summed E-state index contributed by atoms with van der Waals surface area (Å²) in [7, 11) is -1.03. The Balaban J connectivity index is 2.49. The summed E-state index contributed by atoms with van der Waals surface area (Å²) in [4.78, 5) is -0.0361. The first-order valence-corrected chi connectivity index (χ1v) is 8.80. The summed E-state index contributed by atoms with van der Waals surface area (Å²) in [6, 6.07) is 2.37. The lowest BCUT2D eigenvalue weighted by atomic mass is 10.2. The Kier molecular flexibility index (Phi) is 5.17. The second-order valence-electron chi connectivity index (χ2n) is 4.73. The maximum Gasteiger partial charge on any atom is 0.246 e. The molecule has 2 atom stereocenters. The van der Waals surface area contributed by atoms with Crippen LogP contribution in [0.25, 0.3) is 0 Å². The van der Waals surface area contributed by atoms with E-state index in [2.05, 4.69) is 21.2 Å². The Morgan fingerprint density at radius 1 is 1.48 bits per heavy atom. The van der Waals surface area contributed by atoms with Gasteiger partial charge >= 0.3 is 0 Å². The minimum absolute atomic E-state index is 0.0361. The highest BCUT2D eigenvalue weighted by Gasteiger charge is 2.37. The van der Waals surface area contributed by atoms with Crippen molar-refractivity contribution in [3.05, 3.63) is 21.6 Å². The van der Waals surface area contributed by atoms with Gasteiger partial charge in [-0.2, -0.15) is 4.31 Å². The summed E-state index contributed by atoms with van der Waals surface area (Å²) >= 11 is 9.19. The molecule has 2 rings (SSSR count). The standard InChI is InChI=1S/C12H16BrClN2O4S/c1-16(9-5-15-6-10(9)17)21(18,19)11-4-7(14)3-8(13)12(11)20-2/h3-4,9-10,15,17H,5-6H2,1-2H3/t9-,10-/m0/s1. The summed E-state index contributed by atoms with van der Waals surface area (Å²) in [5.74, 6) is 0.187. The van der Waals surface area contributed by atoms with Crippen molar-refractivity contribution in [3.63, 3.8) is 0 Å². The molecule has 0 radical (unpaired) electrons. The third kappa shape index (κ3) is 3.20. The van der Waals surface area contributed by atoms with Crippen molar-refractivity contribution in [1.29, 1.82) is 0 Å². The number of methoxy groups -OCH3 is 1. The number of nitrogens with one attached hydrogen (secondary N) is 1. The number of likely N-dealkylation sites (N-methyl/N-ethyl adjacent to an activating group) is 1. The zero-order chi connectivity index (χ0) is 15.8. The number of aliphatic hydroxyl groups excluding tert-OH is 1. The van der Waals surface area contributed by atoms with Crippen molar-refractivity contribution in [3.8, 4) is 5.75 Å². The van der Waals surface area contributed by atoms with Crippen LogP contribution in [0.4, 0.5) is 0 Å². The highest BCUT2D eigenvalue weighted by molar-refractivity contribution is 9.10. The van der Waals surface area contributed by atoms with Gasteiger partial charge < -0.3 is 15.2 Å². The van der Waals surface area contributed by atoms with E-state index in [1.165, 1.54) is 20.2 Å². The lowest BCUT2D eigenvalue weighted by molar-refractivity contribution is 0.136. The maximum absolute atomic E-state index is 12.8. The number of hydrogen-bond acceptors (Lipinski definition) is 5. The Hall–Kier alpha value is -0.380. The van der Waals surface area contributed by atoms with Crippen LogP contribution < -0.4 is 10.1 Å². The third-order valence-corrected chi connectivity index (χ3v) is 6.15. The van der Waals surface area contributed by atoms with Gasteiger partial charge in [0.2, 0.25) is 10.0 Å². The molecule has 0 spiro atoms. The molecule has 1 fully saturated rings. The molecule has 0 amide bonds. The van der Waals surface area contributed by atoms with Crippen molar-refractivity contribution in [1.82, 2.24) is 9.62 Å². The van der Waals surface area contributed by atoms with E-state index in [0.29, 0.717) is 17.6 Å². The van der Waals surface area contributed by atoms with Gasteiger partial charge in [-0.1, -0.05) is 11.6 Å². The zero-order valence-electron chi connectivity index (χ0n) is 11.5. The van der Waals surface area contributed by atoms with Gasteiger partial charge in [-0.3, -0.25) is 0 Å². The predicted molar refractivity (Wildman–Crippen MR) is 83.3 cm³/mol. The number of halogens is 2. The van der Waals surface area contributed by atoms with Gasteiger partial charge in [0.25, 0.3) is 0 Å². The first kappa shape index (κ1) is 17.0. The minimum atomic E-state index is -3.85. The molecule has 21 heavy (non-hydrogen) atoms. The quantitative estimate of drug-likeness (QED) is 0.792. The SMILES string of the molecule is COc1c(Br)cc(Cl)cc1S(=O)(=O)N(C)[C@H]1CNC[C@@H]1O. The van der Waals surface area contributed by atoms with Crippen molar-refractivity contribution in [2.24, 2.45) is 0 Å². The average molecular weight is 400 g/mol. The molecular formula is C12H16BrClN2O4S. The molecule has 1 aromatic rings. The molecule has 118 valence electrons. The van der Waals surface area contributed by atoms with E-state index < -0.39 is 22.2 Å². The number of nitrogens with zero attached hydrogens (tertiary/aromatic N) is 1. The number of aliphatic hydroxyl groups is 1. The summed E-state index contributed by atoms with van der Waals surface area (Å²) < 4.78 is 32.3. The van der Waals surface area contributed by atoms with Crippen molar-refractivity contribution in [2.45, 2.75) is 17.0 Å². The average Bonchev–Trinajstić information content (AvgIpc) is 2.83. The van der Waals surface area contributed by atoms with Gasteiger partial charge in [0, 0.05) is 25.2 Å². The molecule has 6 nitrogen and oxygen atoms in total. The summed E-state index contributed by atoms with van der Waals surface area (Å²) in [6.45, 7) is 0.752. The molecule has 0 aromatic heterocycles. The topological polar surface area (TPSA) is 78.9 Å². The molecule has 0 bridgehead atoms. The van der Waals surface area contributed by atoms with Gasteiger partial charge in [0.05, 0.1) is 23.7 Å². The summed E-state index contributed by atoms with van der Waals surface area (Å²) in [5.41, 5.74) is 0. The number of hydrogen-bond donors (Lipinski definition) is 2. The largest absolute Gasteiger partial charge is 0.494 e. The van der Waals surface area contributed by atoms with E-state index in [-0.39, 0.29) is 15.7 Å². The van der Waals surface area contributed by atoms with Gasteiger partial charge in [0.15, 0.2) is 5.75 Å². The lowest BCUT2D eigenvalue weighted by Crippen LogP contribution is -2.44. The van der Waals surface area contributed by atoms with Gasteiger partial charge in [-0.15, -0.1) is 0 Å². The van der Waals surface area contributed by atoms with Gasteiger partial charge in [0.1, 0.15) is 4.90 Å². The Labute approximate surface area is 137 Å². The van der Waals surface area contributed by atoms with E-state index in [1.807, 2.05) is 0 Å². The Morgan fingerprint density at radius 3 is 2.67 bits per heavy atom. The normalized spacial score (nSPS) is 22.8. The van der Waals surface area contributed by atoms with E-state index in [0.717, 1.165) is 4.31 Å². The Morgan fingerprint density at radius 2 is 2.14 bits per heavy atom. The number of benzene rings is 1. The first-order chi connectivity index (χ1) is 9.78. The Bertz CT molecular complexity index is 640. The van der Waals surface area contributed by atoms with Crippen molar-refractivity contribution < 1.29 is 18.3 Å². The molecule has 0 unspecified atom stereocenters. The van der Waals surface area contributed by atoms with Crippen LogP contribution in [-0.2, 0) is 10.0 Å². The summed E-state index contributed by atoms with van der Waals surface area (Å²) in [6.07, 6.45) is -0.751. The molecule has 1 heterocycles. The van der Waals surface area contributed by atoms with Crippen LogP contribution in [-0.4, -0.2) is 57.2 Å². The fourth-order valence-corrected chi connectivity index (χ4v) is 5.04. The predicted octanol–water partition coefficient (Wildman–Crippen LogP) is 1.06. The van der Waals surface area contributed by atoms with Crippen molar-refractivity contribution in [2.75, 3.05) is 27.2 Å². The second kappa shape index (κ2) is 6.39. The molecule has 0 aliphatic carbocycles. The second-order valence-corrected chi connectivity index (χ2v) is 7.99. The molecular weight excluding hydrogens is 384 g/mol. The van der Waals surface area contributed by atoms with Crippen LogP contribution >= 0.6 is 27.5 Å². The van der Waals surface area contributed by atoms with Crippen LogP contribution in [0.15, 0.2) is 21.5 Å². The van der Waals surface area contributed by atoms with E-state index in [4.69, 9.17) is 16.3 Å². The third-order valence-electron chi connectivity index (χ3n) is 3.45. The molecule has 1 aliphatic rings. The lowest BCUT2D eigenvalue weighted by Gasteiger charge is -2.26. The molecule has 2 N–H and O–H groups in total. The highest BCUT2D eigenvalue weighted by Crippen LogP contribution is 2.37. The minimum Gasteiger partial charge on any atom is -0.494 e. The smallest absolute Gasteiger partial charge is 0.246 e. The van der Waals surface area contributed by atoms with E-state index in [9.17, 15) is 13.5 Å². The number of ether oxygens (including phenoxy) is 1. The van der Waals surface area contributed by atoms with Gasteiger partial charge in [-0.25, -0.2) is 8.42 Å². The molecule has 9 heteroatoms. The van der Waals surface area contributed by atoms with Gasteiger partial charge in [-0.05, 0) is 28.1 Å². The van der Waals surface area contributed by atoms with Crippen LogP contribution in [0.5, 0.6) is 5.75 Å². The van der Waals surface area contributed by atoms with E-state index >= 15 is 0 Å². The maximum atomic E-state index is 12.8. The molecule has 1 saturated heterocycles. The molecule has 1 aliphatic heterocycles. The number of rotatable bonds is 4. The highest BCUT2D eigenvalue weighted by atomic mass is 79.9. The van der Waals surface area contributed by atoms with Crippen molar-refractivity contribution >= 4 is 37.6 Å². The molecule has 0 saturated carbocycles. The zero-order valence-corrected chi connectivity index (χ0v) is 14.7. The fraction of sp³-hybridized carbons (Fsp3) is 0.500. The number of β-amino-alcohol motifs (C(OH)–C–C–N with tert-alkyl or cyclic N) is 1.